The summed E-state index contributed by atoms with van der Waals surface area (Å²) in [5.41, 5.74) is 0. The van der Waals surface area contributed by atoms with Gasteiger partial charge < -0.3 is 14.2 Å². The highest BCUT2D eigenvalue weighted by Crippen LogP contribution is 2.14. The fraction of sp³-hybridized carbons (Fsp3) is 0.617. The summed E-state index contributed by atoms with van der Waals surface area (Å²) < 4.78 is 16.6. The number of hydrogen-bond acceptors (Lipinski definition) is 6. The van der Waals surface area contributed by atoms with Gasteiger partial charge in [0.1, 0.15) is 13.2 Å². The van der Waals surface area contributed by atoms with Gasteiger partial charge in [0.15, 0.2) is 6.10 Å². The molecule has 0 aromatic carbocycles. The molecule has 372 valence electrons. The number of hydrogen-bond donors (Lipinski definition) is 0. The molecule has 0 aromatic heterocycles. The van der Waals surface area contributed by atoms with Gasteiger partial charge in [-0.15, -0.1) is 0 Å². The summed E-state index contributed by atoms with van der Waals surface area (Å²) >= 11 is 0. The first-order chi connectivity index (χ1) is 32.5. The third-order valence-corrected chi connectivity index (χ3v) is 10.7. The van der Waals surface area contributed by atoms with Crippen LogP contribution in [-0.2, 0) is 28.6 Å². The van der Waals surface area contributed by atoms with Crippen molar-refractivity contribution in [2.45, 2.75) is 226 Å². The lowest BCUT2D eigenvalue weighted by Crippen LogP contribution is -2.30. The Morgan fingerprint density at radius 3 is 0.985 bits per heavy atom. The van der Waals surface area contributed by atoms with Gasteiger partial charge in [0.25, 0.3) is 0 Å². The largest absolute Gasteiger partial charge is 0.462 e. The van der Waals surface area contributed by atoms with Gasteiger partial charge in [0.05, 0.1) is 0 Å². The van der Waals surface area contributed by atoms with E-state index in [-0.39, 0.29) is 31.6 Å². The van der Waals surface area contributed by atoms with Crippen LogP contribution >= 0.6 is 0 Å². The van der Waals surface area contributed by atoms with Crippen molar-refractivity contribution in [1.29, 1.82) is 0 Å². The zero-order valence-electron chi connectivity index (χ0n) is 42.4. The normalized spacial score (nSPS) is 13.1. The van der Waals surface area contributed by atoms with Crippen molar-refractivity contribution in [3.05, 3.63) is 122 Å². The predicted molar refractivity (Wildman–Crippen MR) is 283 cm³/mol. The van der Waals surface area contributed by atoms with E-state index < -0.39 is 12.1 Å². The molecule has 0 aliphatic rings. The van der Waals surface area contributed by atoms with Crippen molar-refractivity contribution in [1.82, 2.24) is 0 Å². The Balaban J connectivity index is 4.17. The lowest BCUT2D eigenvalue weighted by molar-refractivity contribution is -0.166. The Hall–Kier alpha value is -4.19. The third kappa shape index (κ3) is 50.8. The van der Waals surface area contributed by atoms with Crippen LogP contribution in [0.25, 0.3) is 0 Å². The Morgan fingerprint density at radius 2 is 0.621 bits per heavy atom. The lowest BCUT2D eigenvalue weighted by Gasteiger charge is -2.18. The van der Waals surface area contributed by atoms with E-state index in [1.807, 2.05) is 12.2 Å². The SMILES string of the molecule is CC/C=C\C/C=C\C/C=C\C/C=C\C/C=C\C/C=C\CCCCCCCCCCCCC(=O)OCC(COC(=O)CCCCCCCC)OC(=O)CC/C=C\C/C=C\C/C=C\C/C=C\CC. The molecule has 0 amide bonds. The van der Waals surface area contributed by atoms with E-state index in [0.717, 1.165) is 103 Å². The summed E-state index contributed by atoms with van der Waals surface area (Å²) in [6, 6.07) is 0. The summed E-state index contributed by atoms with van der Waals surface area (Å²) in [5.74, 6) is -1.01. The molecule has 6 heteroatoms. The fourth-order valence-electron chi connectivity index (χ4n) is 6.81. The molecule has 1 atom stereocenters. The molecule has 0 rings (SSSR count). The van der Waals surface area contributed by atoms with Crippen LogP contribution < -0.4 is 0 Å². The number of esters is 3. The van der Waals surface area contributed by atoms with Crippen LogP contribution in [0.4, 0.5) is 0 Å². The molecule has 0 heterocycles. The smallest absolute Gasteiger partial charge is 0.306 e. The topological polar surface area (TPSA) is 78.9 Å². The van der Waals surface area contributed by atoms with E-state index in [1.54, 1.807) is 0 Å². The highest BCUT2D eigenvalue weighted by atomic mass is 16.6. The van der Waals surface area contributed by atoms with Crippen LogP contribution in [-0.4, -0.2) is 37.2 Å². The van der Waals surface area contributed by atoms with Gasteiger partial charge >= 0.3 is 17.9 Å². The number of allylic oxidation sites excluding steroid dienone is 20. The molecular weight excluding hydrogens is 817 g/mol. The van der Waals surface area contributed by atoms with Gasteiger partial charge in [-0.25, -0.2) is 0 Å². The summed E-state index contributed by atoms with van der Waals surface area (Å²) in [5, 5.41) is 0. The summed E-state index contributed by atoms with van der Waals surface area (Å²) in [4.78, 5) is 37.7. The summed E-state index contributed by atoms with van der Waals surface area (Å²) in [6.07, 6.45) is 73.8. The van der Waals surface area contributed by atoms with Crippen LogP contribution in [0.3, 0.4) is 0 Å². The third-order valence-electron chi connectivity index (χ3n) is 10.7. The van der Waals surface area contributed by atoms with Gasteiger partial charge in [-0.3, -0.25) is 14.4 Å². The first kappa shape index (κ1) is 61.8. The average Bonchev–Trinajstić information content (AvgIpc) is 3.31. The van der Waals surface area contributed by atoms with E-state index in [0.29, 0.717) is 19.3 Å². The second-order valence-corrected chi connectivity index (χ2v) is 17.0. The zero-order valence-corrected chi connectivity index (χ0v) is 42.4. The minimum atomic E-state index is -0.816. The molecule has 0 spiro atoms. The lowest BCUT2D eigenvalue weighted by atomic mass is 10.1. The van der Waals surface area contributed by atoms with E-state index >= 15 is 0 Å². The fourth-order valence-corrected chi connectivity index (χ4v) is 6.81. The van der Waals surface area contributed by atoms with E-state index in [2.05, 4.69) is 130 Å². The summed E-state index contributed by atoms with van der Waals surface area (Å²) in [6.45, 7) is 6.26. The number of unbranched alkanes of at least 4 members (excludes halogenated alkanes) is 15. The maximum Gasteiger partial charge on any atom is 0.306 e. The molecule has 0 aliphatic heterocycles. The van der Waals surface area contributed by atoms with Crippen molar-refractivity contribution in [3.63, 3.8) is 0 Å². The minimum absolute atomic E-state index is 0.110. The first-order valence-corrected chi connectivity index (χ1v) is 26.5. The molecule has 0 saturated carbocycles. The Labute approximate surface area is 405 Å². The maximum absolute atomic E-state index is 12.7. The van der Waals surface area contributed by atoms with Gasteiger partial charge in [0.2, 0.25) is 0 Å². The molecule has 1 unspecified atom stereocenters. The highest BCUT2D eigenvalue weighted by molar-refractivity contribution is 5.71. The van der Waals surface area contributed by atoms with Crippen LogP contribution in [0.5, 0.6) is 0 Å². The molecule has 0 N–H and O–H groups in total. The molecular formula is C60H96O6. The number of ether oxygens (including phenoxy) is 3. The van der Waals surface area contributed by atoms with E-state index in [9.17, 15) is 14.4 Å². The standard InChI is InChI=1S/C60H96O6/c1-4-7-10-13-16-18-20-22-23-24-25-26-27-28-29-30-31-32-33-34-35-36-37-39-40-42-44-47-50-53-59(62)65-56-57(55-64-58(61)52-49-46-15-12-9-6-3)66-60(63)54-51-48-45-43-41-38-21-19-17-14-11-8-5-2/h7-8,10-11,16-19,22-23,25-26,28-29,31-32,38,41,45,48,57H,4-6,9,12-15,20-21,24,27,30,33-37,39-40,42-44,46-47,49-56H2,1-3H3/b10-7-,11-8-,18-16-,19-17-,23-22-,26-25-,29-28-,32-31-,41-38-,48-45-. The van der Waals surface area contributed by atoms with Crippen LogP contribution in [0, 0.1) is 0 Å². The van der Waals surface area contributed by atoms with Crippen molar-refractivity contribution in [2.75, 3.05) is 13.2 Å². The molecule has 0 aliphatic carbocycles. The minimum Gasteiger partial charge on any atom is -0.462 e. The van der Waals surface area contributed by atoms with Gasteiger partial charge in [-0.1, -0.05) is 226 Å². The molecule has 0 bridgehead atoms. The van der Waals surface area contributed by atoms with Gasteiger partial charge in [-0.05, 0) is 96.3 Å². The van der Waals surface area contributed by atoms with Gasteiger partial charge in [0, 0.05) is 19.3 Å². The predicted octanol–water partition coefficient (Wildman–Crippen LogP) is 17.7. The first-order valence-electron chi connectivity index (χ1n) is 26.5. The Kier molecular flexibility index (Phi) is 50.0. The Morgan fingerprint density at radius 1 is 0.318 bits per heavy atom. The molecule has 6 nitrogen and oxygen atoms in total. The van der Waals surface area contributed by atoms with Crippen LogP contribution in [0.2, 0.25) is 0 Å². The van der Waals surface area contributed by atoms with Crippen molar-refractivity contribution >= 4 is 17.9 Å². The maximum atomic E-state index is 12.7. The quantitative estimate of drug-likeness (QED) is 0.0262. The second-order valence-electron chi connectivity index (χ2n) is 17.0. The average molecular weight is 913 g/mol. The van der Waals surface area contributed by atoms with Crippen molar-refractivity contribution in [2.24, 2.45) is 0 Å². The molecule has 0 fully saturated rings. The van der Waals surface area contributed by atoms with Crippen molar-refractivity contribution < 1.29 is 28.6 Å². The molecule has 66 heavy (non-hydrogen) atoms. The second kappa shape index (κ2) is 53.4. The zero-order chi connectivity index (χ0) is 47.9. The highest BCUT2D eigenvalue weighted by Gasteiger charge is 2.19. The van der Waals surface area contributed by atoms with Crippen molar-refractivity contribution in [3.8, 4) is 0 Å². The Bertz CT molecular complexity index is 1420. The molecule has 0 saturated heterocycles. The van der Waals surface area contributed by atoms with Crippen LogP contribution in [0.15, 0.2) is 122 Å². The summed E-state index contributed by atoms with van der Waals surface area (Å²) in [7, 11) is 0. The number of carbonyl (C=O) groups is 3. The number of carbonyl (C=O) groups excluding carboxylic acids is 3. The van der Waals surface area contributed by atoms with E-state index in [4.69, 9.17) is 14.2 Å². The molecule has 0 aromatic rings. The number of rotatable bonds is 46. The molecule has 0 radical (unpaired) electrons. The van der Waals surface area contributed by atoms with Gasteiger partial charge in [-0.2, -0.15) is 0 Å². The van der Waals surface area contributed by atoms with Crippen LogP contribution in [0.1, 0.15) is 220 Å². The monoisotopic (exact) mass is 913 g/mol. The van der Waals surface area contributed by atoms with E-state index in [1.165, 1.54) is 70.6 Å².